The van der Waals surface area contributed by atoms with Crippen LogP contribution in [0.25, 0.3) is 0 Å². The smallest absolute Gasteiger partial charge is 0.407 e. The number of hydrogen-bond acceptors (Lipinski definition) is 3. The number of amides is 1. The molecule has 4 nitrogen and oxygen atoms in total. The Kier molecular flexibility index (Phi) is 5.33. The second-order valence-electron chi connectivity index (χ2n) is 4.00. The number of methoxy groups -OCH3 is 1. The van der Waals surface area contributed by atoms with Crippen LogP contribution in [0, 0.1) is 0 Å². The van der Waals surface area contributed by atoms with Crippen LogP contribution in [0.1, 0.15) is 19.4 Å². The monoisotopic (exact) mass is 237 g/mol. The molecule has 94 valence electrons. The number of alkyl carbamates (subject to hydrolysis) is 1. The van der Waals surface area contributed by atoms with Gasteiger partial charge in [0.25, 0.3) is 0 Å². The molecule has 0 atom stereocenters. The van der Waals surface area contributed by atoms with Crippen LogP contribution in [0.15, 0.2) is 24.3 Å². The highest BCUT2D eigenvalue weighted by atomic mass is 16.5. The van der Waals surface area contributed by atoms with Crippen molar-refractivity contribution in [2.24, 2.45) is 0 Å². The molecular formula is C13H19NO3. The first kappa shape index (κ1) is 13.4. The molecule has 0 aliphatic heterocycles. The number of para-hydroxylation sites is 1. The maximum Gasteiger partial charge on any atom is 0.407 e. The summed E-state index contributed by atoms with van der Waals surface area (Å²) < 4.78 is 10.3. The van der Waals surface area contributed by atoms with Gasteiger partial charge in [-0.1, -0.05) is 18.2 Å². The minimum atomic E-state index is -0.380. The maximum absolute atomic E-state index is 11.2. The van der Waals surface area contributed by atoms with Gasteiger partial charge in [-0.2, -0.15) is 0 Å². The van der Waals surface area contributed by atoms with Crippen LogP contribution in [0.5, 0.6) is 5.75 Å². The number of benzene rings is 1. The van der Waals surface area contributed by atoms with Gasteiger partial charge in [0.05, 0.1) is 13.7 Å². The minimum absolute atomic E-state index is 0.0914. The van der Waals surface area contributed by atoms with Crippen LogP contribution in [-0.2, 0) is 11.2 Å². The zero-order valence-corrected chi connectivity index (χ0v) is 10.5. The van der Waals surface area contributed by atoms with Crippen molar-refractivity contribution in [3.05, 3.63) is 29.8 Å². The summed E-state index contributed by atoms with van der Waals surface area (Å²) in [6.07, 6.45) is 0.269. The van der Waals surface area contributed by atoms with Gasteiger partial charge in [0, 0.05) is 12.5 Å². The van der Waals surface area contributed by atoms with Crippen molar-refractivity contribution in [3.63, 3.8) is 0 Å². The van der Waals surface area contributed by atoms with Crippen molar-refractivity contribution in [1.82, 2.24) is 5.32 Å². The van der Waals surface area contributed by atoms with Gasteiger partial charge in [0.15, 0.2) is 0 Å². The first-order valence-corrected chi connectivity index (χ1v) is 5.68. The Morgan fingerprint density at radius 1 is 1.35 bits per heavy atom. The van der Waals surface area contributed by atoms with E-state index < -0.39 is 0 Å². The molecule has 0 spiro atoms. The largest absolute Gasteiger partial charge is 0.496 e. The summed E-state index contributed by atoms with van der Waals surface area (Å²) in [5, 5.41) is 2.67. The molecule has 17 heavy (non-hydrogen) atoms. The average molecular weight is 237 g/mol. The van der Waals surface area contributed by atoms with Crippen molar-refractivity contribution in [2.75, 3.05) is 13.7 Å². The van der Waals surface area contributed by atoms with Crippen molar-refractivity contribution in [3.8, 4) is 5.75 Å². The first-order valence-electron chi connectivity index (χ1n) is 5.68. The van der Waals surface area contributed by atoms with Crippen LogP contribution < -0.4 is 10.1 Å². The topological polar surface area (TPSA) is 47.6 Å². The lowest BCUT2D eigenvalue weighted by atomic mass is 10.1. The molecule has 0 heterocycles. The maximum atomic E-state index is 11.2. The Bertz CT molecular complexity index is 363. The van der Waals surface area contributed by atoms with Crippen LogP contribution in [0.3, 0.4) is 0 Å². The third kappa shape index (κ3) is 4.76. The molecule has 1 aromatic rings. The highest BCUT2D eigenvalue weighted by molar-refractivity contribution is 5.67. The number of ether oxygens (including phenoxy) is 2. The van der Waals surface area contributed by atoms with Gasteiger partial charge in [0.2, 0.25) is 0 Å². The second-order valence-corrected chi connectivity index (χ2v) is 4.00. The average Bonchev–Trinajstić information content (AvgIpc) is 2.28. The summed E-state index contributed by atoms with van der Waals surface area (Å²) in [6, 6.07) is 7.79. The van der Waals surface area contributed by atoms with Gasteiger partial charge >= 0.3 is 6.09 Å². The van der Waals surface area contributed by atoms with Crippen molar-refractivity contribution >= 4 is 6.09 Å². The molecule has 4 heteroatoms. The molecule has 0 saturated carbocycles. The fourth-order valence-electron chi connectivity index (χ4n) is 1.44. The van der Waals surface area contributed by atoms with E-state index in [1.807, 2.05) is 38.1 Å². The number of carbonyl (C=O) groups excluding carboxylic acids is 1. The number of rotatable bonds is 5. The van der Waals surface area contributed by atoms with Crippen molar-refractivity contribution < 1.29 is 14.3 Å². The van der Waals surface area contributed by atoms with Gasteiger partial charge in [0.1, 0.15) is 5.75 Å². The van der Waals surface area contributed by atoms with E-state index in [4.69, 9.17) is 9.47 Å². The van der Waals surface area contributed by atoms with Gasteiger partial charge < -0.3 is 14.8 Å². The summed E-state index contributed by atoms with van der Waals surface area (Å²) in [6.45, 7) is 4.13. The summed E-state index contributed by atoms with van der Waals surface area (Å²) in [5.41, 5.74) is 1.03. The fraction of sp³-hybridized carbons (Fsp3) is 0.462. The van der Waals surface area contributed by atoms with Crippen molar-refractivity contribution in [1.29, 1.82) is 0 Å². The van der Waals surface area contributed by atoms with E-state index in [1.54, 1.807) is 7.11 Å². The SMILES string of the molecule is COc1ccccc1CCOC(=O)NC(C)C. The van der Waals surface area contributed by atoms with Crippen LogP contribution >= 0.6 is 0 Å². The zero-order valence-electron chi connectivity index (χ0n) is 10.5. The van der Waals surface area contributed by atoms with E-state index in [0.717, 1.165) is 11.3 Å². The molecule has 1 aromatic carbocycles. The van der Waals surface area contributed by atoms with Crippen molar-refractivity contribution in [2.45, 2.75) is 26.3 Å². The molecule has 0 fully saturated rings. The Labute approximate surface area is 102 Å². The zero-order chi connectivity index (χ0) is 12.7. The molecule has 0 aromatic heterocycles. The Morgan fingerprint density at radius 2 is 2.06 bits per heavy atom. The molecule has 1 rings (SSSR count). The summed E-state index contributed by atoms with van der Waals surface area (Å²) >= 11 is 0. The normalized spacial score (nSPS) is 10.1. The second kappa shape index (κ2) is 6.78. The van der Waals surface area contributed by atoms with Gasteiger partial charge in [-0.05, 0) is 25.5 Å². The molecule has 1 N–H and O–H groups in total. The molecule has 1 amide bonds. The lowest BCUT2D eigenvalue weighted by Crippen LogP contribution is -2.31. The van der Waals surface area contributed by atoms with E-state index in [9.17, 15) is 4.79 Å². The molecule has 0 aliphatic rings. The molecule has 0 bridgehead atoms. The van der Waals surface area contributed by atoms with E-state index in [1.165, 1.54) is 0 Å². The standard InChI is InChI=1S/C13H19NO3/c1-10(2)14-13(15)17-9-8-11-6-4-5-7-12(11)16-3/h4-7,10H,8-9H2,1-3H3,(H,14,15). The molecule has 0 saturated heterocycles. The number of nitrogens with one attached hydrogen (secondary N) is 1. The van der Waals surface area contributed by atoms with Gasteiger partial charge in [-0.15, -0.1) is 0 Å². The first-order chi connectivity index (χ1) is 8.13. The summed E-state index contributed by atoms with van der Waals surface area (Å²) in [7, 11) is 1.63. The summed E-state index contributed by atoms with van der Waals surface area (Å²) in [4.78, 5) is 11.2. The van der Waals surface area contributed by atoms with E-state index in [2.05, 4.69) is 5.32 Å². The highest BCUT2D eigenvalue weighted by Crippen LogP contribution is 2.17. The third-order valence-corrected chi connectivity index (χ3v) is 2.20. The third-order valence-electron chi connectivity index (χ3n) is 2.20. The Hall–Kier alpha value is -1.71. The number of hydrogen-bond donors (Lipinski definition) is 1. The predicted octanol–water partition coefficient (Wildman–Crippen LogP) is 2.37. The number of carbonyl (C=O) groups is 1. The molecule has 0 aliphatic carbocycles. The van der Waals surface area contributed by atoms with E-state index in [0.29, 0.717) is 13.0 Å². The molecule has 0 radical (unpaired) electrons. The van der Waals surface area contributed by atoms with Gasteiger partial charge in [-0.25, -0.2) is 4.79 Å². The molecular weight excluding hydrogens is 218 g/mol. The lowest BCUT2D eigenvalue weighted by Gasteiger charge is -2.10. The highest BCUT2D eigenvalue weighted by Gasteiger charge is 2.05. The fourth-order valence-corrected chi connectivity index (χ4v) is 1.44. The van der Waals surface area contributed by atoms with Crippen LogP contribution in [0.4, 0.5) is 4.79 Å². The Balaban J connectivity index is 2.38. The van der Waals surface area contributed by atoms with E-state index >= 15 is 0 Å². The minimum Gasteiger partial charge on any atom is -0.496 e. The molecule has 0 unspecified atom stereocenters. The predicted molar refractivity (Wildman–Crippen MR) is 66.3 cm³/mol. The van der Waals surface area contributed by atoms with Crippen LogP contribution in [0.2, 0.25) is 0 Å². The summed E-state index contributed by atoms with van der Waals surface area (Å²) in [5.74, 6) is 0.820. The van der Waals surface area contributed by atoms with Crippen LogP contribution in [-0.4, -0.2) is 25.9 Å². The lowest BCUT2D eigenvalue weighted by molar-refractivity contribution is 0.144. The quantitative estimate of drug-likeness (QED) is 0.855. The van der Waals surface area contributed by atoms with Gasteiger partial charge in [-0.3, -0.25) is 0 Å². The Morgan fingerprint density at radius 3 is 2.71 bits per heavy atom. The van der Waals surface area contributed by atoms with E-state index in [-0.39, 0.29) is 12.1 Å².